The standard InChI is InChI=1S/C19H22FN/c1-13(14-8-6-9-16(20)11-14)21-18-17-10-5-4-7-15(17)12-19(18,2)3/h4-11,13,18,21H,12H2,1-3H3. The first kappa shape index (κ1) is 14.3. The molecule has 2 unspecified atom stereocenters. The van der Waals surface area contributed by atoms with Crippen LogP contribution in [-0.2, 0) is 6.42 Å². The molecule has 2 aromatic rings. The molecule has 1 nitrogen and oxygen atoms in total. The van der Waals surface area contributed by atoms with Crippen LogP contribution in [-0.4, -0.2) is 0 Å². The molecule has 0 radical (unpaired) electrons. The molecule has 2 atom stereocenters. The van der Waals surface area contributed by atoms with Gasteiger partial charge in [-0.05, 0) is 47.6 Å². The van der Waals surface area contributed by atoms with E-state index < -0.39 is 0 Å². The smallest absolute Gasteiger partial charge is 0.123 e. The Bertz CT molecular complexity index is 648. The molecule has 0 bridgehead atoms. The summed E-state index contributed by atoms with van der Waals surface area (Å²) in [7, 11) is 0. The van der Waals surface area contributed by atoms with Crippen LogP contribution in [0.25, 0.3) is 0 Å². The molecule has 110 valence electrons. The number of benzene rings is 2. The average Bonchev–Trinajstić information content (AvgIpc) is 2.69. The van der Waals surface area contributed by atoms with Crippen molar-refractivity contribution in [1.82, 2.24) is 5.32 Å². The van der Waals surface area contributed by atoms with Crippen LogP contribution in [0, 0.1) is 11.2 Å². The molecule has 0 aromatic heterocycles. The lowest BCUT2D eigenvalue weighted by molar-refractivity contribution is 0.252. The van der Waals surface area contributed by atoms with Crippen LogP contribution in [0.15, 0.2) is 48.5 Å². The quantitative estimate of drug-likeness (QED) is 0.853. The summed E-state index contributed by atoms with van der Waals surface area (Å²) in [4.78, 5) is 0. The Morgan fingerprint density at radius 2 is 1.90 bits per heavy atom. The maximum atomic E-state index is 13.4. The van der Waals surface area contributed by atoms with E-state index in [9.17, 15) is 4.39 Å². The maximum Gasteiger partial charge on any atom is 0.123 e. The lowest BCUT2D eigenvalue weighted by Crippen LogP contribution is -2.33. The Kier molecular flexibility index (Phi) is 3.58. The predicted octanol–water partition coefficient (Wildman–Crippen LogP) is 4.80. The number of rotatable bonds is 3. The molecule has 3 rings (SSSR count). The third-order valence-electron chi connectivity index (χ3n) is 4.56. The summed E-state index contributed by atoms with van der Waals surface area (Å²) >= 11 is 0. The minimum absolute atomic E-state index is 0.121. The van der Waals surface area contributed by atoms with E-state index in [1.807, 2.05) is 6.07 Å². The third kappa shape index (κ3) is 2.73. The molecule has 0 saturated carbocycles. The molecule has 0 aliphatic heterocycles. The molecule has 1 N–H and O–H groups in total. The fourth-order valence-electron chi connectivity index (χ4n) is 3.43. The van der Waals surface area contributed by atoms with Crippen LogP contribution in [0.3, 0.4) is 0 Å². The highest BCUT2D eigenvalue weighted by atomic mass is 19.1. The van der Waals surface area contributed by atoms with Crippen molar-refractivity contribution in [1.29, 1.82) is 0 Å². The summed E-state index contributed by atoms with van der Waals surface area (Å²) < 4.78 is 13.4. The topological polar surface area (TPSA) is 12.0 Å². The van der Waals surface area contributed by atoms with Crippen molar-refractivity contribution >= 4 is 0 Å². The third-order valence-corrected chi connectivity index (χ3v) is 4.56. The molecule has 2 heteroatoms. The zero-order valence-corrected chi connectivity index (χ0v) is 12.9. The minimum atomic E-state index is -0.174. The average molecular weight is 283 g/mol. The van der Waals surface area contributed by atoms with Gasteiger partial charge in [0.1, 0.15) is 5.82 Å². The number of hydrogen-bond donors (Lipinski definition) is 1. The Balaban J connectivity index is 1.87. The Hall–Kier alpha value is -1.67. The van der Waals surface area contributed by atoms with E-state index in [1.54, 1.807) is 12.1 Å². The van der Waals surface area contributed by atoms with Crippen molar-refractivity contribution in [2.24, 2.45) is 5.41 Å². The van der Waals surface area contributed by atoms with Gasteiger partial charge in [-0.2, -0.15) is 0 Å². The fraction of sp³-hybridized carbons (Fsp3) is 0.368. The van der Waals surface area contributed by atoms with Gasteiger partial charge in [-0.15, -0.1) is 0 Å². The molecule has 2 aromatic carbocycles. The van der Waals surface area contributed by atoms with E-state index in [0.717, 1.165) is 12.0 Å². The molecule has 0 amide bonds. The molecule has 0 spiro atoms. The second kappa shape index (κ2) is 5.27. The van der Waals surface area contributed by atoms with Crippen LogP contribution in [0.5, 0.6) is 0 Å². The summed E-state index contributed by atoms with van der Waals surface area (Å²) in [6.45, 7) is 6.69. The number of fused-ring (bicyclic) bond motifs is 1. The van der Waals surface area contributed by atoms with Crippen molar-refractivity contribution in [3.05, 3.63) is 71.0 Å². The zero-order chi connectivity index (χ0) is 15.0. The van der Waals surface area contributed by atoms with E-state index in [0.29, 0.717) is 6.04 Å². The van der Waals surface area contributed by atoms with Crippen LogP contribution < -0.4 is 5.32 Å². The molecule has 1 aliphatic rings. The fourth-order valence-corrected chi connectivity index (χ4v) is 3.43. The second-order valence-electron chi connectivity index (χ2n) is 6.74. The van der Waals surface area contributed by atoms with Crippen molar-refractivity contribution in [2.45, 2.75) is 39.3 Å². The number of hydrogen-bond acceptors (Lipinski definition) is 1. The zero-order valence-electron chi connectivity index (χ0n) is 12.9. The molecule has 0 heterocycles. The first-order chi connectivity index (χ1) is 9.97. The van der Waals surface area contributed by atoms with Gasteiger partial charge in [0.05, 0.1) is 0 Å². The van der Waals surface area contributed by atoms with Gasteiger partial charge < -0.3 is 5.32 Å². The molecular weight excluding hydrogens is 261 g/mol. The first-order valence-corrected chi connectivity index (χ1v) is 7.57. The Labute approximate surface area is 126 Å². The van der Waals surface area contributed by atoms with Gasteiger partial charge in [0.25, 0.3) is 0 Å². The van der Waals surface area contributed by atoms with Gasteiger partial charge in [0.2, 0.25) is 0 Å². The van der Waals surface area contributed by atoms with Gasteiger partial charge in [-0.1, -0.05) is 50.2 Å². The number of halogens is 1. The van der Waals surface area contributed by atoms with Crippen LogP contribution in [0.1, 0.15) is 49.5 Å². The van der Waals surface area contributed by atoms with Gasteiger partial charge in [0.15, 0.2) is 0 Å². The Morgan fingerprint density at radius 3 is 2.67 bits per heavy atom. The van der Waals surface area contributed by atoms with E-state index in [-0.39, 0.29) is 17.3 Å². The lowest BCUT2D eigenvalue weighted by Gasteiger charge is -2.31. The molecule has 21 heavy (non-hydrogen) atoms. The van der Waals surface area contributed by atoms with Crippen LogP contribution in [0.2, 0.25) is 0 Å². The van der Waals surface area contributed by atoms with Crippen molar-refractivity contribution in [3.63, 3.8) is 0 Å². The summed E-state index contributed by atoms with van der Waals surface area (Å²) in [5, 5.41) is 3.70. The molecular formula is C19H22FN. The van der Waals surface area contributed by atoms with Crippen LogP contribution in [0.4, 0.5) is 4.39 Å². The monoisotopic (exact) mass is 283 g/mol. The number of nitrogens with one attached hydrogen (secondary N) is 1. The maximum absolute atomic E-state index is 13.4. The highest BCUT2D eigenvalue weighted by Crippen LogP contribution is 2.45. The summed E-state index contributed by atoms with van der Waals surface area (Å²) in [6.07, 6.45) is 1.08. The van der Waals surface area contributed by atoms with Crippen LogP contribution >= 0.6 is 0 Å². The highest BCUT2D eigenvalue weighted by Gasteiger charge is 2.39. The van der Waals surface area contributed by atoms with Crippen molar-refractivity contribution < 1.29 is 4.39 Å². The molecule has 0 fully saturated rings. The van der Waals surface area contributed by atoms with E-state index >= 15 is 0 Å². The second-order valence-corrected chi connectivity index (χ2v) is 6.74. The SMILES string of the molecule is CC(NC1c2ccccc2CC1(C)C)c1cccc(F)c1. The highest BCUT2D eigenvalue weighted by molar-refractivity contribution is 5.38. The van der Waals surface area contributed by atoms with Gasteiger partial charge in [0, 0.05) is 12.1 Å². The first-order valence-electron chi connectivity index (χ1n) is 7.57. The van der Waals surface area contributed by atoms with Gasteiger partial charge in [-0.25, -0.2) is 4.39 Å². The predicted molar refractivity (Wildman–Crippen MR) is 84.6 cm³/mol. The summed E-state index contributed by atoms with van der Waals surface area (Å²) in [5.41, 5.74) is 3.97. The lowest BCUT2D eigenvalue weighted by atomic mass is 9.84. The van der Waals surface area contributed by atoms with Crippen molar-refractivity contribution in [3.8, 4) is 0 Å². The molecule has 1 aliphatic carbocycles. The van der Waals surface area contributed by atoms with Crippen molar-refractivity contribution in [2.75, 3.05) is 0 Å². The minimum Gasteiger partial charge on any atom is -0.303 e. The normalized spacial score (nSPS) is 21.0. The van der Waals surface area contributed by atoms with E-state index in [4.69, 9.17) is 0 Å². The van der Waals surface area contributed by atoms with E-state index in [2.05, 4.69) is 50.4 Å². The molecule has 0 saturated heterocycles. The largest absolute Gasteiger partial charge is 0.303 e. The van der Waals surface area contributed by atoms with E-state index in [1.165, 1.54) is 17.2 Å². The summed E-state index contributed by atoms with van der Waals surface area (Å²) in [5.74, 6) is -0.174. The van der Waals surface area contributed by atoms with Gasteiger partial charge >= 0.3 is 0 Å². The van der Waals surface area contributed by atoms with Gasteiger partial charge in [-0.3, -0.25) is 0 Å². The summed E-state index contributed by atoms with van der Waals surface area (Å²) in [6, 6.07) is 15.9. The Morgan fingerprint density at radius 1 is 1.14 bits per heavy atom.